The van der Waals surface area contributed by atoms with Gasteiger partial charge in [0.05, 0.1) is 12.0 Å². The van der Waals surface area contributed by atoms with Gasteiger partial charge < -0.3 is 9.84 Å². The van der Waals surface area contributed by atoms with Crippen LogP contribution in [0.5, 0.6) is 5.75 Å². The predicted octanol–water partition coefficient (Wildman–Crippen LogP) is 2.60. The van der Waals surface area contributed by atoms with Crippen molar-refractivity contribution >= 4 is 35.0 Å². The van der Waals surface area contributed by atoms with Crippen LogP contribution in [0.3, 0.4) is 0 Å². The zero-order valence-corrected chi connectivity index (χ0v) is 12.8. The Morgan fingerprint density at radius 3 is 2.59 bits per heavy atom. The Hall–Kier alpha value is -2.28. The molecule has 0 bridgehead atoms. The average molecular weight is 321 g/mol. The van der Waals surface area contributed by atoms with E-state index in [1.807, 2.05) is 0 Å². The highest BCUT2D eigenvalue weighted by atomic mass is 32.2. The lowest BCUT2D eigenvalue weighted by Crippen LogP contribution is -2.29. The second-order valence-electron chi connectivity index (χ2n) is 4.60. The van der Waals surface area contributed by atoms with Crippen molar-refractivity contribution in [1.29, 1.82) is 0 Å². The zero-order chi connectivity index (χ0) is 16.1. The minimum absolute atomic E-state index is 0.0702. The first-order chi connectivity index (χ1) is 10.5. The van der Waals surface area contributed by atoms with Gasteiger partial charge in [-0.3, -0.25) is 19.3 Å². The minimum atomic E-state index is -0.944. The summed E-state index contributed by atoms with van der Waals surface area (Å²) in [4.78, 5) is 35.9. The van der Waals surface area contributed by atoms with Crippen molar-refractivity contribution in [2.24, 2.45) is 0 Å². The standard InChI is InChI=1S/C15H15NO5S/c1-21-11-6-4-10(5-7-11)9-12-14(19)16(15(20)22-12)8-2-3-13(17)18/h4-7,9H,2-3,8H2,1H3,(H,17,18)/b12-9+. The topological polar surface area (TPSA) is 83.9 Å². The molecule has 0 saturated carbocycles. The Balaban J connectivity index is 2.06. The second-order valence-corrected chi connectivity index (χ2v) is 5.60. The molecule has 1 heterocycles. The van der Waals surface area contributed by atoms with Crippen molar-refractivity contribution in [3.8, 4) is 5.75 Å². The molecule has 7 heteroatoms. The van der Waals surface area contributed by atoms with E-state index in [2.05, 4.69) is 0 Å². The number of carbonyl (C=O) groups excluding carboxylic acids is 2. The van der Waals surface area contributed by atoms with Gasteiger partial charge in [0.15, 0.2) is 0 Å². The van der Waals surface area contributed by atoms with Crippen LogP contribution in [0.15, 0.2) is 29.2 Å². The lowest BCUT2D eigenvalue weighted by molar-refractivity contribution is -0.137. The van der Waals surface area contributed by atoms with Crippen LogP contribution in [0.1, 0.15) is 18.4 Å². The number of carbonyl (C=O) groups is 3. The zero-order valence-electron chi connectivity index (χ0n) is 11.9. The predicted molar refractivity (Wildman–Crippen MR) is 82.5 cm³/mol. The summed E-state index contributed by atoms with van der Waals surface area (Å²) in [6, 6.07) is 7.11. The molecule has 6 nitrogen and oxygen atoms in total. The van der Waals surface area contributed by atoms with Gasteiger partial charge in [0, 0.05) is 13.0 Å². The van der Waals surface area contributed by atoms with E-state index in [1.54, 1.807) is 37.5 Å². The molecule has 1 aliphatic heterocycles. The average Bonchev–Trinajstić information content (AvgIpc) is 2.75. The summed E-state index contributed by atoms with van der Waals surface area (Å²) in [6.45, 7) is 0.122. The number of imide groups is 1. The number of thioether (sulfide) groups is 1. The molecule has 1 fully saturated rings. The van der Waals surface area contributed by atoms with Gasteiger partial charge in [-0.15, -0.1) is 0 Å². The molecule has 1 aromatic carbocycles. The fourth-order valence-corrected chi connectivity index (χ4v) is 2.80. The molecule has 1 aliphatic rings. The smallest absolute Gasteiger partial charge is 0.303 e. The summed E-state index contributed by atoms with van der Waals surface area (Å²) >= 11 is 0.865. The lowest BCUT2D eigenvalue weighted by Gasteiger charge is -2.10. The molecule has 1 aromatic rings. The summed E-state index contributed by atoms with van der Waals surface area (Å²) < 4.78 is 5.05. The second kappa shape index (κ2) is 7.13. The summed E-state index contributed by atoms with van der Waals surface area (Å²) in [5.74, 6) is -0.615. The largest absolute Gasteiger partial charge is 0.497 e. The van der Waals surface area contributed by atoms with Gasteiger partial charge in [0.2, 0.25) is 0 Å². The number of nitrogens with zero attached hydrogens (tertiary/aromatic N) is 1. The van der Waals surface area contributed by atoms with Gasteiger partial charge in [0.25, 0.3) is 11.1 Å². The van der Waals surface area contributed by atoms with Crippen LogP contribution >= 0.6 is 11.8 Å². The molecule has 2 amide bonds. The Labute approximate surface area is 131 Å². The lowest BCUT2D eigenvalue weighted by atomic mass is 10.2. The summed E-state index contributed by atoms with van der Waals surface area (Å²) in [6.07, 6.45) is 1.82. The summed E-state index contributed by atoms with van der Waals surface area (Å²) in [7, 11) is 1.57. The van der Waals surface area contributed by atoms with Gasteiger partial charge in [-0.05, 0) is 42.0 Å². The highest BCUT2D eigenvalue weighted by Crippen LogP contribution is 2.32. The number of aliphatic carboxylic acids is 1. The van der Waals surface area contributed by atoms with E-state index in [1.165, 1.54) is 0 Å². The Kier molecular flexibility index (Phi) is 5.21. The van der Waals surface area contributed by atoms with Gasteiger partial charge in [-0.1, -0.05) is 12.1 Å². The maximum Gasteiger partial charge on any atom is 0.303 e. The molecule has 0 radical (unpaired) electrons. The molecule has 0 spiro atoms. The number of hydrogen-bond donors (Lipinski definition) is 1. The third-order valence-corrected chi connectivity index (χ3v) is 3.97. The normalized spacial score (nSPS) is 16.4. The molecule has 0 aliphatic carbocycles. The Bertz CT molecular complexity index is 623. The minimum Gasteiger partial charge on any atom is -0.497 e. The molecular weight excluding hydrogens is 306 g/mol. The maximum atomic E-state index is 12.2. The quantitative estimate of drug-likeness (QED) is 0.811. The number of hydrogen-bond acceptors (Lipinski definition) is 5. The van der Waals surface area contributed by atoms with Crippen LogP contribution in [0, 0.1) is 0 Å². The third kappa shape index (κ3) is 3.88. The highest BCUT2D eigenvalue weighted by Gasteiger charge is 2.34. The highest BCUT2D eigenvalue weighted by molar-refractivity contribution is 8.18. The Morgan fingerprint density at radius 1 is 1.32 bits per heavy atom. The number of rotatable bonds is 6. The van der Waals surface area contributed by atoms with Crippen LogP contribution < -0.4 is 4.74 Å². The fraction of sp³-hybridized carbons (Fsp3) is 0.267. The maximum absolute atomic E-state index is 12.2. The number of ether oxygens (including phenoxy) is 1. The Morgan fingerprint density at radius 2 is 2.00 bits per heavy atom. The van der Waals surface area contributed by atoms with Crippen LogP contribution in [0.2, 0.25) is 0 Å². The van der Waals surface area contributed by atoms with Crippen LogP contribution in [-0.2, 0) is 9.59 Å². The number of carboxylic acid groups (broad SMARTS) is 1. The molecular formula is C15H15NO5S. The van der Waals surface area contributed by atoms with Crippen molar-refractivity contribution in [1.82, 2.24) is 4.90 Å². The van der Waals surface area contributed by atoms with Gasteiger partial charge in [-0.2, -0.15) is 0 Å². The molecule has 0 atom stereocenters. The van der Waals surface area contributed by atoms with Crippen molar-refractivity contribution in [3.05, 3.63) is 34.7 Å². The van der Waals surface area contributed by atoms with Gasteiger partial charge in [0.1, 0.15) is 5.75 Å². The number of benzene rings is 1. The van der Waals surface area contributed by atoms with E-state index in [4.69, 9.17) is 9.84 Å². The van der Waals surface area contributed by atoms with Crippen molar-refractivity contribution in [3.63, 3.8) is 0 Å². The van der Waals surface area contributed by atoms with E-state index in [0.29, 0.717) is 10.7 Å². The van der Waals surface area contributed by atoms with Crippen LogP contribution in [0.4, 0.5) is 4.79 Å². The number of carboxylic acids is 1. The van der Waals surface area contributed by atoms with Crippen LogP contribution in [-0.4, -0.2) is 40.8 Å². The molecule has 22 heavy (non-hydrogen) atoms. The number of amides is 2. The van der Waals surface area contributed by atoms with E-state index in [0.717, 1.165) is 22.2 Å². The molecule has 116 valence electrons. The summed E-state index contributed by atoms with van der Waals surface area (Å²) in [5, 5.41) is 8.23. The fourth-order valence-electron chi connectivity index (χ4n) is 1.93. The van der Waals surface area contributed by atoms with E-state index in [9.17, 15) is 14.4 Å². The first-order valence-electron chi connectivity index (χ1n) is 6.62. The third-order valence-electron chi connectivity index (χ3n) is 3.06. The molecule has 0 unspecified atom stereocenters. The van der Waals surface area contributed by atoms with E-state index < -0.39 is 5.97 Å². The van der Waals surface area contributed by atoms with Crippen molar-refractivity contribution in [2.45, 2.75) is 12.8 Å². The van der Waals surface area contributed by atoms with Crippen LogP contribution in [0.25, 0.3) is 6.08 Å². The van der Waals surface area contributed by atoms with Gasteiger partial charge >= 0.3 is 5.97 Å². The number of methoxy groups -OCH3 is 1. The molecule has 1 N–H and O–H groups in total. The summed E-state index contributed by atoms with van der Waals surface area (Å²) in [5.41, 5.74) is 0.789. The first-order valence-corrected chi connectivity index (χ1v) is 7.44. The van der Waals surface area contributed by atoms with E-state index >= 15 is 0 Å². The van der Waals surface area contributed by atoms with E-state index in [-0.39, 0.29) is 30.5 Å². The van der Waals surface area contributed by atoms with Crippen molar-refractivity contribution < 1.29 is 24.2 Å². The molecule has 0 aromatic heterocycles. The first kappa shape index (κ1) is 16.1. The molecule has 2 rings (SSSR count). The van der Waals surface area contributed by atoms with Gasteiger partial charge in [-0.25, -0.2) is 0 Å². The van der Waals surface area contributed by atoms with Crippen molar-refractivity contribution in [2.75, 3.05) is 13.7 Å². The monoisotopic (exact) mass is 321 g/mol. The SMILES string of the molecule is COc1ccc(/C=C2/SC(=O)N(CCCC(=O)O)C2=O)cc1. The molecule has 1 saturated heterocycles.